The summed E-state index contributed by atoms with van der Waals surface area (Å²) in [6.07, 6.45) is -6.10. The van der Waals surface area contributed by atoms with Gasteiger partial charge in [0.2, 0.25) is 12.2 Å². The Balaban J connectivity index is 1.21. The van der Waals surface area contributed by atoms with Gasteiger partial charge in [0.1, 0.15) is 61.6 Å². The summed E-state index contributed by atoms with van der Waals surface area (Å²) in [5, 5.41) is 78.0. The number of anilines is 1. The summed E-state index contributed by atoms with van der Waals surface area (Å²) < 4.78 is 33.6. The number of allylic oxidation sites excluding steroid dienone is 1. The van der Waals surface area contributed by atoms with E-state index < -0.39 is 98.0 Å². The lowest BCUT2D eigenvalue weighted by molar-refractivity contribution is -0.300. The molecule has 4 bridgehead atoms. The van der Waals surface area contributed by atoms with Gasteiger partial charge in [0.05, 0.1) is 44.3 Å². The number of fused-ring (bicyclic) bond motifs is 10. The summed E-state index contributed by atoms with van der Waals surface area (Å²) in [6.45, 7) is -0.653. The van der Waals surface area contributed by atoms with E-state index in [1.54, 1.807) is 18.2 Å². The minimum atomic E-state index is -1.65. The quantitative estimate of drug-likeness (QED) is 0.0512. The zero-order chi connectivity index (χ0) is 51.1. The van der Waals surface area contributed by atoms with Crippen LogP contribution in [0.4, 0.5) is 5.69 Å². The minimum absolute atomic E-state index is 0.00990. The summed E-state index contributed by atoms with van der Waals surface area (Å²) in [7, 11) is 0. The number of carbonyl (C=O) groups is 4. The molecule has 390 valence electrons. The Kier molecular flexibility index (Phi) is 15.0. The van der Waals surface area contributed by atoms with Crippen molar-refractivity contribution >= 4 is 29.4 Å². The van der Waals surface area contributed by atoms with E-state index >= 15 is 9.59 Å². The van der Waals surface area contributed by atoms with Gasteiger partial charge in [0.15, 0.2) is 23.1 Å². The number of aliphatic hydroxyl groups is 5. The second-order valence-electron chi connectivity index (χ2n) is 19.4. The lowest BCUT2D eigenvalue weighted by Gasteiger charge is -2.44. The molecule has 73 heavy (non-hydrogen) atoms. The standard InChI is InChI=1S/C51H61N7O15/c52-51-55-48-39(49(67)56-51)54-23-58(48)34-4-2-1-3-29(34)37-32-19-31-38(41(64)30-17-25(20-61)5-7-28(30)40(31)63)46(71-21-27(62)11-15-60)44(32)72-50-47(69-16-12-24-9-13-53-36(18-24)57-68)43(66)42(65)45(73-50)35-8-6-26(10-14-59)33(37)22-70-35/h1-5,7,9,15,17-19,26-27,33,35,37,39,42-43,45,47-48,50-51,53-55,57,59,61-62,65-66,68H,6,8,10-14,16,20-23,52H2,(H,56,67)/t26-,27-,33-,35-,37-,39-,42-,43-,45+,47+,48+,50+,51+/m1/s1. The first kappa shape index (κ1) is 50.7. The fourth-order valence-electron chi connectivity index (χ4n) is 11.5. The van der Waals surface area contributed by atoms with Crippen LogP contribution in [0, 0.1) is 11.8 Å². The van der Waals surface area contributed by atoms with Gasteiger partial charge in [0, 0.05) is 53.4 Å². The number of hydrogen-bond donors (Lipinski definition) is 12. The third-order valence-electron chi connectivity index (χ3n) is 15.1. The highest BCUT2D eigenvalue weighted by Gasteiger charge is 2.53. The summed E-state index contributed by atoms with van der Waals surface area (Å²) >= 11 is 0. The monoisotopic (exact) mass is 1010 g/mol. The van der Waals surface area contributed by atoms with Crippen LogP contribution in [0.3, 0.4) is 0 Å². The molecule has 13 N–H and O–H groups in total. The molecule has 22 heteroatoms. The van der Waals surface area contributed by atoms with Gasteiger partial charge < -0.3 is 69.5 Å². The fourth-order valence-corrected chi connectivity index (χ4v) is 11.5. The Morgan fingerprint density at radius 2 is 1.84 bits per heavy atom. The van der Waals surface area contributed by atoms with Crippen molar-refractivity contribution in [3.63, 3.8) is 0 Å². The molecule has 22 nitrogen and oxygen atoms in total. The molecule has 1 aliphatic carbocycles. The van der Waals surface area contributed by atoms with E-state index in [2.05, 4.69) is 26.7 Å². The van der Waals surface area contributed by atoms with Crippen molar-refractivity contribution in [3.8, 4) is 11.5 Å². The maximum absolute atomic E-state index is 15.2. The zero-order valence-electron chi connectivity index (χ0n) is 39.7. The molecule has 0 aromatic heterocycles. The predicted molar refractivity (Wildman–Crippen MR) is 256 cm³/mol. The van der Waals surface area contributed by atoms with E-state index in [4.69, 9.17) is 29.4 Å². The molecule has 6 aliphatic heterocycles. The summed E-state index contributed by atoms with van der Waals surface area (Å²) in [4.78, 5) is 57.3. The van der Waals surface area contributed by atoms with Crippen molar-refractivity contribution in [3.05, 3.63) is 111 Å². The first-order valence-corrected chi connectivity index (χ1v) is 24.7. The number of carbonyl (C=O) groups excluding carboxylic acids is 4. The SMILES string of the molecule is N[C@@H]1NC(=O)[C@@H]2NCN(c3ccccc3[C@@H]3c4cc5c(c(OC[C@H](O)CC=O)c4O[C@H]4O[C@H]([C@H](O)[C@@H](O)[C@@H]4OCCC4=CCNC(NO)=C4)[C@H]4CC[C@H](CCO)[C@H]3CO4)C(=O)c3cc(CO)ccc3C5=O)[C@@H]2N1. The molecule has 10 rings (SSSR count). The van der Waals surface area contributed by atoms with Gasteiger partial charge >= 0.3 is 0 Å². The van der Waals surface area contributed by atoms with Gasteiger partial charge in [-0.2, -0.15) is 0 Å². The van der Waals surface area contributed by atoms with E-state index in [0.29, 0.717) is 54.7 Å². The third kappa shape index (κ3) is 9.62. The van der Waals surface area contributed by atoms with Crippen molar-refractivity contribution in [2.45, 2.75) is 106 Å². The molecule has 1 amide bonds. The average molecular weight is 1010 g/mol. The second-order valence-corrected chi connectivity index (χ2v) is 19.4. The van der Waals surface area contributed by atoms with E-state index in [0.717, 1.165) is 5.57 Å². The van der Waals surface area contributed by atoms with Crippen LogP contribution in [-0.4, -0.2) is 156 Å². The predicted octanol–water partition coefficient (Wildman–Crippen LogP) is -0.804. The molecule has 0 spiro atoms. The molecule has 13 atom stereocenters. The number of nitrogens with one attached hydrogen (secondary N) is 5. The number of nitrogens with two attached hydrogens (primary N) is 1. The lowest BCUT2D eigenvalue weighted by atomic mass is 9.70. The Morgan fingerprint density at radius 3 is 2.63 bits per heavy atom. The first-order valence-electron chi connectivity index (χ1n) is 24.7. The highest BCUT2D eigenvalue weighted by Crippen LogP contribution is 2.54. The van der Waals surface area contributed by atoms with E-state index in [1.807, 2.05) is 35.2 Å². The highest BCUT2D eigenvalue weighted by atomic mass is 16.7. The molecule has 0 radical (unpaired) electrons. The topological polar surface area (TPSA) is 325 Å². The van der Waals surface area contributed by atoms with Crippen LogP contribution in [0.5, 0.6) is 11.5 Å². The molecule has 3 aromatic carbocycles. The van der Waals surface area contributed by atoms with Gasteiger partial charge in [-0.3, -0.25) is 41.4 Å². The van der Waals surface area contributed by atoms with Crippen molar-refractivity contribution in [2.24, 2.45) is 17.6 Å². The minimum Gasteiger partial charge on any atom is -0.486 e. The number of ether oxygens (including phenoxy) is 5. The number of dihydropyridines is 1. The third-order valence-corrected chi connectivity index (χ3v) is 15.1. The van der Waals surface area contributed by atoms with Crippen molar-refractivity contribution < 1.29 is 73.6 Å². The average Bonchev–Trinajstić information content (AvgIpc) is 3.71. The van der Waals surface area contributed by atoms with Gasteiger partial charge in [-0.25, -0.2) is 0 Å². The largest absolute Gasteiger partial charge is 0.486 e. The van der Waals surface area contributed by atoms with Gasteiger partial charge in [0.25, 0.3) is 0 Å². The normalized spacial score (nSPS) is 30.9. The van der Waals surface area contributed by atoms with E-state index in [9.17, 15) is 40.3 Å². The molecular formula is C51H61N7O15. The molecule has 7 aliphatic rings. The number of aldehydes is 1. The van der Waals surface area contributed by atoms with Crippen LogP contribution in [-0.2, 0) is 30.4 Å². The Labute approximate surface area is 419 Å². The number of aliphatic hydroxyl groups excluding tert-OH is 5. The van der Waals surface area contributed by atoms with E-state index in [1.165, 1.54) is 12.1 Å². The maximum Gasteiger partial charge on any atom is 0.242 e. The molecule has 0 unspecified atom stereocenters. The van der Waals surface area contributed by atoms with Crippen molar-refractivity contribution in [2.75, 3.05) is 44.5 Å². The summed E-state index contributed by atoms with van der Waals surface area (Å²) in [6, 6.07) is 12.8. The molecule has 6 heterocycles. The number of rotatable bonds is 15. The van der Waals surface area contributed by atoms with Crippen LogP contribution >= 0.6 is 0 Å². The van der Waals surface area contributed by atoms with Gasteiger partial charge in [-0.1, -0.05) is 30.3 Å². The van der Waals surface area contributed by atoms with Crippen LogP contribution in [0.2, 0.25) is 0 Å². The molecular weight excluding hydrogens is 951 g/mol. The van der Waals surface area contributed by atoms with Crippen LogP contribution in [0.15, 0.2) is 72.1 Å². The Hall–Kier alpha value is -5.86. The Morgan fingerprint density at radius 1 is 1.00 bits per heavy atom. The molecule has 3 aromatic rings. The van der Waals surface area contributed by atoms with Crippen LogP contribution in [0.1, 0.15) is 86.6 Å². The molecule has 4 saturated heterocycles. The lowest BCUT2D eigenvalue weighted by Crippen LogP contribution is -2.70. The number of nitrogens with zero attached hydrogens (tertiary/aromatic N) is 1. The number of benzene rings is 3. The molecule has 4 fully saturated rings. The van der Waals surface area contributed by atoms with Gasteiger partial charge in [-0.15, -0.1) is 0 Å². The number of amides is 1. The second kappa shape index (κ2) is 21.5. The van der Waals surface area contributed by atoms with Gasteiger partial charge in [-0.05, 0) is 84.6 Å². The smallest absolute Gasteiger partial charge is 0.242 e. The summed E-state index contributed by atoms with van der Waals surface area (Å²) in [5.74, 6) is -3.39. The maximum atomic E-state index is 15.2. The number of para-hydroxylation sites is 1. The zero-order valence-corrected chi connectivity index (χ0v) is 39.7. The van der Waals surface area contributed by atoms with Crippen molar-refractivity contribution in [1.82, 2.24) is 26.7 Å². The number of hydrogen-bond acceptors (Lipinski definition) is 21. The highest BCUT2D eigenvalue weighted by molar-refractivity contribution is 6.29. The molecule has 0 saturated carbocycles. The Bertz CT molecular complexity index is 2670. The first-order chi connectivity index (χ1) is 35.4. The van der Waals surface area contributed by atoms with Crippen LogP contribution in [0.25, 0.3) is 0 Å². The van der Waals surface area contributed by atoms with Crippen LogP contribution < -0.4 is 46.9 Å². The van der Waals surface area contributed by atoms with E-state index in [-0.39, 0.29) is 90.5 Å². The number of hydroxylamine groups is 1. The fraction of sp³-hybridized carbons (Fsp3) is 0.490. The number of ketones is 2. The van der Waals surface area contributed by atoms with Crippen molar-refractivity contribution in [1.29, 1.82) is 0 Å². The summed E-state index contributed by atoms with van der Waals surface area (Å²) in [5.41, 5.74) is 10.8.